The largest absolute Gasteiger partial charge is 0.390 e. The standard InChI is InChI=1S/C17H19N3O2/c1-17(22)7-13(8-17)19-16(21)12-6-11-4-5-14(10-2-3-10)20-15(11)18-9-12/h4-6,9-10,13,22H,2-3,7-8H2,1H3,(H,19,21). The van der Waals surface area contributed by atoms with Crippen molar-refractivity contribution in [2.45, 2.75) is 50.2 Å². The normalized spacial score (nSPS) is 27.5. The summed E-state index contributed by atoms with van der Waals surface area (Å²) in [6, 6.07) is 5.91. The number of pyridine rings is 2. The quantitative estimate of drug-likeness (QED) is 0.910. The Morgan fingerprint density at radius 2 is 2.14 bits per heavy atom. The maximum atomic E-state index is 12.2. The van der Waals surface area contributed by atoms with Gasteiger partial charge in [-0.2, -0.15) is 0 Å². The summed E-state index contributed by atoms with van der Waals surface area (Å²) >= 11 is 0. The number of nitrogens with zero attached hydrogens (tertiary/aromatic N) is 2. The topological polar surface area (TPSA) is 75.1 Å². The third kappa shape index (κ3) is 2.57. The second-order valence-electron chi connectivity index (χ2n) is 6.86. The number of carbonyl (C=O) groups is 1. The third-order valence-electron chi connectivity index (χ3n) is 4.53. The van der Waals surface area contributed by atoms with E-state index < -0.39 is 5.60 Å². The van der Waals surface area contributed by atoms with Crippen LogP contribution in [0.3, 0.4) is 0 Å². The van der Waals surface area contributed by atoms with E-state index in [4.69, 9.17) is 0 Å². The zero-order valence-corrected chi connectivity index (χ0v) is 12.5. The SMILES string of the molecule is CC1(O)CC(NC(=O)c2cnc3nc(C4CC4)ccc3c2)C1. The van der Waals surface area contributed by atoms with Crippen LogP contribution in [0.5, 0.6) is 0 Å². The predicted octanol–water partition coefficient (Wildman–Crippen LogP) is 2.15. The average molecular weight is 297 g/mol. The molecule has 5 heteroatoms. The lowest BCUT2D eigenvalue weighted by atomic mass is 9.77. The number of rotatable bonds is 3. The fourth-order valence-corrected chi connectivity index (χ4v) is 3.13. The Bertz CT molecular complexity index is 745. The van der Waals surface area contributed by atoms with Gasteiger partial charge in [0.15, 0.2) is 5.65 Å². The minimum Gasteiger partial charge on any atom is -0.390 e. The number of carbonyl (C=O) groups excluding carboxylic acids is 1. The smallest absolute Gasteiger partial charge is 0.253 e. The Kier molecular flexibility index (Phi) is 2.94. The highest BCUT2D eigenvalue weighted by atomic mass is 16.3. The summed E-state index contributed by atoms with van der Waals surface area (Å²) < 4.78 is 0. The van der Waals surface area contributed by atoms with E-state index >= 15 is 0 Å². The molecule has 0 bridgehead atoms. The van der Waals surface area contributed by atoms with Crippen LogP contribution in [0.4, 0.5) is 0 Å². The minimum absolute atomic E-state index is 0.0496. The molecule has 2 N–H and O–H groups in total. The molecule has 0 atom stereocenters. The molecule has 0 radical (unpaired) electrons. The summed E-state index contributed by atoms with van der Waals surface area (Å²) in [5.41, 5.74) is 1.71. The molecule has 2 aliphatic carbocycles. The second kappa shape index (κ2) is 4.74. The number of hydrogen-bond acceptors (Lipinski definition) is 4. The van der Waals surface area contributed by atoms with E-state index in [-0.39, 0.29) is 11.9 Å². The van der Waals surface area contributed by atoms with Gasteiger partial charge >= 0.3 is 0 Å². The van der Waals surface area contributed by atoms with Crippen LogP contribution < -0.4 is 5.32 Å². The van der Waals surface area contributed by atoms with Crippen molar-refractivity contribution in [3.05, 3.63) is 35.7 Å². The molecule has 2 aromatic heterocycles. The number of aromatic nitrogens is 2. The molecule has 1 amide bonds. The van der Waals surface area contributed by atoms with Gasteiger partial charge in [-0.25, -0.2) is 9.97 Å². The highest BCUT2D eigenvalue weighted by molar-refractivity contribution is 5.97. The second-order valence-corrected chi connectivity index (χ2v) is 6.86. The van der Waals surface area contributed by atoms with E-state index in [1.54, 1.807) is 13.1 Å². The first kappa shape index (κ1) is 13.6. The zero-order valence-electron chi connectivity index (χ0n) is 12.5. The minimum atomic E-state index is -0.636. The number of hydrogen-bond donors (Lipinski definition) is 2. The summed E-state index contributed by atoms with van der Waals surface area (Å²) in [4.78, 5) is 21.1. The highest BCUT2D eigenvalue weighted by Crippen LogP contribution is 2.39. The van der Waals surface area contributed by atoms with Crippen LogP contribution in [0.2, 0.25) is 0 Å². The maximum Gasteiger partial charge on any atom is 0.253 e. The third-order valence-corrected chi connectivity index (χ3v) is 4.53. The number of nitrogens with one attached hydrogen (secondary N) is 1. The van der Waals surface area contributed by atoms with Crippen molar-refractivity contribution in [1.82, 2.24) is 15.3 Å². The van der Waals surface area contributed by atoms with E-state index in [9.17, 15) is 9.90 Å². The van der Waals surface area contributed by atoms with Gasteiger partial charge in [0.2, 0.25) is 0 Å². The van der Waals surface area contributed by atoms with Gasteiger partial charge in [0.1, 0.15) is 0 Å². The van der Waals surface area contributed by atoms with E-state index in [0.29, 0.717) is 30.0 Å². The van der Waals surface area contributed by atoms with Gasteiger partial charge in [-0.1, -0.05) is 0 Å². The van der Waals surface area contributed by atoms with Gasteiger partial charge in [-0.05, 0) is 50.8 Å². The van der Waals surface area contributed by atoms with Gasteiger partial charge in [0.25, 0.3) is 5.91 Å². The van der Waals surface area contributed by atoms with Gasteiger partial charge in [-0.3, -0.25) is 4.79 Å². The Hall–Kier alpha value is -2.01. The van der Waals surface area contributed by atoms with Crippen molar-refractivity contribution in [1.29, 1.82) is 0 Å². The van der Waals surface area contributed by atoms with Gasteiger partial charge in [0.05, 0.1) is 11.2 Å². The van der Waals surface area contributed by atoms with Crippen LogP contribution in [0, 0.1) is 0 Å². The molecule has 0 saturated heterocycles. The molecule has 5 nitrogen and oxygen atoms in total. The lowest BCUT2D eigenvalue weighted by Gasteiger charge is -2.41. The summed E-state index contributed by atoms with van der Waals surface area (Å²) in [5, 5.41) is 13.5. The number of amides is 1. The molecule has 4 rings (SSSR count). The molecule has 22 heavy (non-hydrogen) atoms. The monoisotopic (exact) mass is 297 g/mol. The Morgan fingerprint density at radius 3 is 2.82 bits per heavy atom. The summed E-state index contributed by atoms with van der Waals surface area (Å²) in [6.07, 6.45) is 5.21. The summed E-state index contributed by atoms with van der Waals surface area (Å²) in [7, 11) is 0. The van der Waals surface area contributed by atoms with Gasteiger partial charge < -0.3 is 10.4 Å². The number of aliphatic hydroxyl groups is 1. The van der Waals surface area contributed by atoms with Crippen LogP contribution in [0.25, 0.3) is 11.0 Å². The molecule has 2 saturated carbocycles. The van der Waals surface area contributed by atoms with Gasteiger partial charge in [-0.15, -0.1) is 0 Å². The van der Waals surface area contributed by atoms with Crippen molar-refractivity contribution < 1.29 is 9.90 Å². The Morgan fingerprint density at radius 1 is 1.36 bits per heavy atom. The lowest BCUT2D eigenvalue weighted by molar-refractivity contribution is -0.0366. The maximum absolute atomic E-state index is 12.2. The molecule has 114 valence electrons. The van der Waals surface area contributed by atoms with Crippen molar-refractivity contribution in [2.75, 3.05) is 0 Å². The van der Waals surface area contributed by atoms with Crippen LogP contribution >= 0.6 is 0 Å². The van der Waals surface area contributed by atoms with E-state index in [1.807, 2.05) is 18.2 Å². The summed E-state index contributed by atoms with van der Waals surface area (Å²) in [5.74, 6) is 0.460. The van der Waals surface area contributed by atoms with E-state index in [2.05, 4.69) is 15.3 Å². The molecule has 2 aliphatic rings. The molecule has 2 aromatic rings. The van der Waals surface area contributed by atoms with E-state index in [0.717, 1.165) is 11.1 Å². The first-order valence-corrected chi connectivity index (χ1v) is 7.80. The lowest BCUT2D eigenvalue weighted by Crippen LogP contribution is -2.53. The average Bonchev–Trinajstić information content (AvgIpc) is 3.28. The molecule has 0 aromatic carbocycles. The van der Waals surface area contributed by atoms with Crippen molar-refractivity contribution >= 4 is 16.9 Å². The molecule has 0 spiro atoms. The number of fused-ring (bicyclic) bond motifs is 1. The fourth-order valence-electron chi connectivity index (χ4n) is 3.13. The molecule has 2 fully saturated rings. The first-order valence-electron chi connectivity index (χ1n) is 7.80. The van der Waals surface area contributed by atoms with Crippen molar-refractivity contribution in [3.8, 4) is 0 Å². The molecular weight excluding hydrogens is 278 g/mol. The zero-order chi connectivity index (χ0) is 15.3. The highest BCUT2D eigenvalue weighted by Gasteiger charge is 2.39. The van der Waals surface area contributed by atoms with Crippen LogP contribution in [0.1, 0.15) is 54.6 Å². The van der Waals surface area contributed by atoms with Crippen LogP contribution in [0.15, 0.2) is 24.4 Å². The molecule has 2 heterocycles. The molecular formula is C17H19N3O2. The van der Waals surface area contributed by atoms with Crippen LogP contribution in [-0.4, -0.2) is 32.6 Å². The Balaban J connectivity index is 1.52. The van der Waals surface area contributed by atoms with Gasteiger partial charge in [0, 0.05) is 29.2 Å². The summed E-state index contributed by atoms with van der Waals surface area (Å²) in [6.45, 7) is 1.79. The Labute approximate surface area is 128 Å². The fraction of sp³-hybridized carbons (Fsp3) is 0.471. The van der Waals surface area contributed by atoms with Crippen molar-refractivity contribution in [2.24, 2.45) is 0 Å². The molecule has 0 unspecified atom stereocenters. The predicted molar refractivity (Wildman–Crippen MR) is 82.6 cm³/mol. The first-order chi connectivity index (χ1) is 10.5. The van der Waals surface area contributed by atoms with E-state index in [1.165, 1.54) is 12.8 Å². The molecule has 0 aliphatic heterocycles. The van der Waals surface area contributed by atoms with Crippen molar-refractivity contribution in [3.63, 3.8) is 0 Å². The van der Waals surface area contributed by atoms with Crippen LogP contribution in [-0.2, 0) is 0 Å².